The number of benzene rings is 1. The van der Waals surface area contributed by atoms with Crippen LogP contribution in [-0.2, 0) is 6.54 Å². The number of aliphatic hydroxyl groups excluding tert-OH is 1. The summed E-state index contributed by atoms with van der Waals surface area (Å²) in [5, 5.41) is 9.85. The summed E-state index contributed by atoms with van der Waals surface area (Å²) in [5.41, 5.74) is 6.71. The average molecular weight is 264 g/mol. The molecule has 1 heterocycles. The number of likely N-dealkylation sites (tertiary alicyclic amines) is 1. The van der Waals surface area contributed by atoms with Crippen LogP contribution in [0.25, 0.3) is 0 Å². The normalized spacial score (nSPS) is 24.4. The van der Waals surface area contributed by atoms with E-state index in [9.17, 15) is 5.11 Å². The number of nitrogens with zero attached hydrogens (tertiary/aromatic N) is 1. The van der Waals surface area contributed by atoms with E-state index in [4.69, 9.17) is 10.5 Å². The fourth-order valence-electron chi connectivity index (χ4n) is 2.42. The van der Waals surface area contributed by atoms with E-state index < -0.39 is 0 Å². The van der Waals surface area contributed by atoms with Crippen molar-refractivity contribution in [2.24, 2.45) is 11.7 Å². The van der Waals surface area contributed by atoms with Crippen molar-refractivity contribution in [1.82, 2.24) is 4.90 Å². The monoisotopic (exact) mass is 264 g/mol. The molecule has 1 aliphatic rings. The second-order valence-corrected chi connectivity index (χ2v) is 5.29. The molecule has 0 aliphatic carbocycles. The minimum absolute atomic E-state index is 0.204. The molecule has 4 nitrogen and oxygen atoms in total. The summed E-state index contributed by atoms with van der Waals surface area (Å²) >= 11 is 0. The van der Waals surface area contributed by atoms with Gasteiger partial charge in [0.1, 0.15) is 12.4 Å². The average Bonchev–Trinajstić information content (AvgIpc) is 2.43. The van der Waals surface area contributed by atoms with Crippen molar-refractivity contribution in [3.8, 4) is 5.75 Å². The lowest BCUT2D eigenvalue weighted by Gasteiger charge is -2.34. The first-order valence-corrected chi connectivity index (χ1v) is 7.02. The summed E-state index contributed by atoms with van der Waals surface area (Å²) in [5.74, 6) is 1.28. The van der Waals surface area contributed by atoms with Gasteiger partial charge in [-0.05, 0) is 24.9 Å². The Hall–Kier alpha value is -1.10. The van der Waals surface area contributed by atoms with Gasteiger partial charge in [-0.15, -0.1) is 0 Å². The van der Waals surface area contributed by atoms with Crippen LogP contribution in [0.4, 0.5) is 0 Å². The second-order valence-electron chi connectivity index (χ2n) is 5.29. The summed E-state index contributed by atoms with van der Waals surface area (Å²) < 4.78 is 5.79. The Balaban J connectivity index is 1.77. The van der Waals surface area contributed by atoms with Crippen molar-refractivity contribution in [2.75, 3.05) is 26.2 Å². The predicted octanol–water partition coefficient (Wildman–Crippen LogP) is 1.23. The molecule has 1 saturated heterocycles. The molecule has 0 saturated carbocycles. The van der Waals surface area contributed by atoms with Gasteiger partial charge < -0.3 is 15.6 Å². The number of hydrogen-bond donors (Lipinski definition) is 2. The first-order valence-electron chi connectivity index (χ1n) is 7.02. The van der Waals surface area contributed by atoms with Crippen LogP contribution in [0.3, 0.4) is 0 Å². The molecule has 2 unspecified atom stereocenters. The van der Waals surface area contributed by atoms with Crippen molar-refractivity contribution in [3.63, 3.8) is 0 Å². The van der Waals surface area contributed by atoms with Gasteiger partial charge in [-0.25, -0.2) is 0 Å². The SMILES string of the molecule is CC1CCN(CCOc2ccccc2CN)CC1O. The number of para-hydroxylation sites is 1. The van der Waals surface area contributed by atoms with E-state index in [1.807, 2.05) is 24.3 Å². The lowest BCUT2D eigenvalue weighted by atomic mass is 9.96. The third-order valence-corrected chi connectivity index (χ3v) is 3.86. The van der Waals surface area contributed by atoms with Crippen LogP contribution in [0.15, 0.2) is 24.3 Å². The standard InChI is InChI=1S/C15H24N2O2/c1-12-6-7-17(11-14(12)18)8-9-19-15-5-3-2-4-13(15)10-16/h2-5,12,14,18H,6-11,16H2,1H3. The number of aliphatic hydroxyl groups is 1. The van der Waals surface area contributed by atoms with Gasteiger partial charge in [-0.3, -0.25) is 4.90 Å². The lowest BCUT2D eigenvalue weighted by molar-refractivity contribution is 0.0244. The molecule has 0 aromatic heterocycles. The van der Waals surface area contributed by atoms with Gasteiger partial charge in [-0.1, -0.05) is 25.1 Å². The minimum atomic E-state index is -0.204. The molecule has 1 fully saturated rings. The highest BCUT2D eigenvalue weighted by molar-refractivity contribution is 5.32. The Morgan fingerprint density at radius 2 is 2.21 bits per heavy atom. The van der Waals surface area contributed by atoms with Gasteiger partial charge in [-0.2, -0.15) is 0 Å². The number of nitrogens with two attached hydrogens (primary N) is 1. The quantitative estimate of drug-likeness (QED) is 0.840. The van der Waals surface area contributed by atoms with E-state index in [2.05, 4.69) is 11.8 Å². The van der Waals surface area contributed by atoms with E-state index in [-0.39, 0.29) is 6.10 Å². The van der Waals surface area contributed by atoms with E-state index >= 15 is 0 Å². The Bertz CT molecular complexity index is 397. The molecule has 106 valence electrons. The van der Waals surface area contributed by atoms with Crippen LogP contribution in [0.2, 0.25) is 0 Å². The van der Waals surface area contributed by atoms with Crippen LogP contribution in [0, 0.1) is 5.92 Å². The van der Waals surface area contributed by atoms with Gasteiger partial charge in [0.25, 0.3) is 0 Å². The van der Waals surface area contributed by atoms with Crippen molar-refractivity contribution < 1.29 is 9.84 Å². The molecule has 1 aromatic rings. The molecule has 0 radical (unpaired) electrons. The van der Waals surface area contributed by atoms with Gasteiger partial charge in [0.2, 0.25) is 0 Å². The number of β-amino-alcohol motifs (C(OH)–C–C–N with tert-alkyl or cyclic N) is 1. The fraction of sp³-hybridized carbons (Fsp3) is 0.600. The molecule has 19 heavy (non-hydrogen) atoms. The Morgan fingerprint density at radius 1 is 1.42 bits per heavy atom. The molecule has 0 spiro atoms. The zero-order valence-electron chi connectivity index (χ0n) is 11.6. The van der Waals surface area contributed by atoms with Crippen molar-refractivity contribution in [3.05, 3.63) is 29.8 Å². The molecule has 3 N–H and O–H groups in total. The van der Waals surface area contributed by atoms with Crippen LogP contribution >= 0.6 is 0 Å². The predicted molar refractivity (Wildman–Crippen MR) is 76.1 cm³/mol. The van der Waals surface area contributed by atoms with Crippen LogP contribution < -0.4 is 10.5 Å². The lowest BCUT2D eigenvalue weighted by Crippen LogP contribution is -2.44. The smallest absolute Gasteiger partial charge is 0.123 e. The number of hydrogen-bond acceptors (Lipinski definition) is 4. The zero-order chi connectivity index (χ0) is 13.7. The van der Waals surface area contributed by atoms with E-state index in [0.29, 0.717) is 19.1 Å². The van der Waals surface area contributed by atoms with Crippen molar-refractivity contribution >= 4 is 0 Å². The van der Waals surface area contributed by atoms with Crippen molar-refractivity contribution in [2.45, 2.75) is 26.0 Å². The minimum Gasteiger partial charge on any atom is -0.492 e. The van der Waals surface area contributed by atoms with E-state index in [0.717, 1.165) is 37.4 Å². The van der Waals surface area contributed by atoms with Crippen LogP contribution in [0.5, 0.6) is 5.75 Å². The number of ether oxygens (including phenoxy) is 1. The maximum atomic E-state index is 9.85. The van der Waals surface area contributed by atoms with Gasteiger partial charge >= 0.3 is 0 Å². The molecule has 0 bridgehead atoms. The maximum absolute atomic E-state index is 9.85. The molecule has 0 amide bonds. The summed E-state index contributed by atoms with van der Waals surface area (Å²) in [6.45, 7) is 5.89. The fourth-order valence-corrected chi connectivity index (χ4v) is 2.42. The summed E-state index contributed by atoms with van der Waals surface area (Å²) in [4.78, 5) is 2.26. The molecule has 1 aliphatic heterocycles. The number of piperidine rings is 1. The van der Waals surface area contributed by atoms with E-state index in [1.54, 1.807) is 0 Å². The first kappa shape index (κ1) is 14.3. The molecule has 4 heteroatoms. The highest BCUT2D eigenvalue weighted by Crippen LogP contribution is 2.18. The van der Waals surface area contributed by atoms with Crippen LogP contribution in [0.1, 0.15) is 18.9 Å². The second kappa shape index (κ2) is 6.89. The third kappa shape index (κ3) is 3.93. The number of rotatable bonds is 5. The summed E-state index contributed by atoms with van der Waals surface area (Å²) in [6.07, 6.45) is 0.852. The summed E-state index contributed by atoms with van der Waals surface area (Å²) in [7, 11) is 0. The van der Waals surface area contributed by atoms with E-state index in [1.165, 1.54) is 0 Å². The molecule has 2 atom stereocenters. The first-order chi connectivity index (χ1) is 9.20. The van der Waals surface area contributed by atoms with Crippen LogP contribution in [-0.4, -0.2) is 42.4 Å². The Morgan fingerprint density at radius 3 is 2.95 bits per heavy atom. The van der Waals surface area contributed by atoms with Gasteiger partial charge in [0.15, 0.2) is 0 Å². The Kier molecular flexibility index (Phi) is 5.19. The molecule has 1 aromatic carbocycles. The zero-order valence-corrected chi connectivity index (χ0v) is 11.6. The Labute approximate surface area is 115 Å². The molecule has 2 rings (SSSR count). The van der Waals surface area contributed by atoms with Crippen molar-refractivity contribution in [1.29, 1.82) is 0 Å². The third-order valence-electron chi connectivity index (χ3n) is 3.86. The largest absolute Gasteiger partial charge is 0.492 e. The highest BCUT2D eigenvalue weighted by atomic mass is 16.5. The maximum Gasteiger partial charge on any atom is 0.123 e. The van der Waals surface area contributed by atoms with Gasteiger partial charge in [0, 0.05) is 25.2 Å². The summed E-state index contributed by atoms with van der Waals surface area (Å²) in [6, 6.07) is 7.87. The molecular weight excluding hydrogens is 240 g/mol. The molecular formula is C15H24N2O2. The highest BCUT2D eigenvalue weighted by Gasteiger charge is 2.23. The van der Waals surface area contributed by atoms with Gasteiger partial charge in [0.05, 0.1) is 6.10 Å². The topological polar surface area (TPSA) is 58.7 Å².